The molecule has 0 atom stereocenters. The minimum atomic E-state index is -0.363. The van der Waals surface area contributed by atoms with Crippen LogP contribution in [0.1, 0.15) is 40.9 Å². The van der Waals surface area contributed by atoms with E-state index in [1.165, 1.54) is 19.2 Å². The van der Waals surface area contributed by atoms with E-state index in [1.807, 2.05) is 0 Å². The van der Waals surface area contributed by atoms with Gasteiger partial charge in [0.25, 0.3) is 11.5 Å². The zero-order valence-electron chi connectivity index (χ0n) is 14.2. The van der Waals surface area contributed by atoms with Gasteiger partial charge in [0.2, 0.25) is 0 Å². The maximum absolute atomic E-state index is 13.7. The van der Waals surface area contributed by atoms with Crippen molar-refractivity contribution in [2.24, 2.45) is 0 Å². The summed E-state index contributed by atoms with van der Waals surface area (Å²) < 4.78 is 20.7. The number of pyridine rings is 1. The molecule has 1 aliphatic heterocycles. The van der Waals surface area contributed by atoms with E-state index in [2.05, 4.69) is 5.32 Å². The number of amides is 1. The average molecular weight is 344 g/mol. The second kappa shape index (κ2) is 7.51. The SMILES string of the molecule is COc1cc(=O)n2c(c1C(=O)NCc1ccccc1F)CCCCC2. The van der Waals surface area contributed by atoms with Gasteiger partial charge < -0.3 is 14.6 Å². The van der Waals surface area contributed by atoms with Gasteiger partial charge in [-0.15, -0.1) is 0 Å². The predicted molar refractivity (Wildman–Crippen MR) is 92.4 cm³/mol. The van der Waals surface area contributed by atoms with Crippen LogP contribution in [-0.4, -0.2) is 17.6 Å². The number of benzene rings is 1. The number of methoxy groups -OCH3 is 1. The van der Waals surface area contributed by atoms with Crippen molar-refractivity contribution in [3.8, 4) is 5.75 Å². The predicted octanol–water partition coefficient (Wildman–Crippen LogP) is 2.65. The molecule has 1 aromatic heterocycles. The number of aromatic nitrogens is 1. The van der Waals surface area contributed by atoms with E-state index >= 15 is 0 Å². The first-order valence-corrected chi connectivity index (χ1v) is 8.44. The summed E-state index contributed by atoms with van der Waals surface area (Å²) in [5, 5.41) is 2.75. The number of fused-ring (bicyclic) bond motifs is 1. The van der Waals surface area contributed by atoms with Crippen LogP contribution in [0.5, 0.6) is 5.75 Å². The molecule has 1 N–H and O–H groups in total. The molecular formula is C19H21FN2O3. The Hall–Kier alpha value is -2.63. The molecular weight excluding hydrogens is 323 g/mol. The lowest BCUT2D eigenvalue weighted by Gasteiger charge is -2.17. The van der Waals surface area contributed by atoms with E-state index in [9.17, 15) is 14.0 Å². The molecule has 2 aromatic rings. The Morgan fingerprint density at radius 1 is 1.28 bits per heavy atom. The van der Waals surface area contributed by atoms with Gasteiger partial charge in [0.05, 0.1) is 7.11 Å². The Labute approximate surface area is 145 Å². The molecule has 132 valence electrons. The first kappa shape index (κ1) is 17.2. The Morgan fingerprint density at radius 2 is 2.08 bits per heavy atom. The quantitative estimate of drug-likeness (QED) is 0.928. The van der Waals surface area contributed by atoms with E-state index in [-0.39, 0.29) is 29.6 Å². The lowest BCUT2D eigenvalue weighted by atomic mass is 10.1. The Morgan fingerprint density at radius 3 is 2.84 bits per heavy atom. The normalized spacial score (nSPS) is 13.7. The Balaban J connectivity index is 1.93. The van der Waals surface area contributed by atoms with Crippen molar-refractivity contribution in [3.63, 3.8) is 0 Å². The summed E-state index contributed by atoms with van der Waals surface area (Å²) >= 11 is 0. The monoisotopic (exact) mass is 344 g/mol. The van der Waals surface area contributed by atoms with Gasteiger partial charge in [-0.2, -0.15) is 0 Å². The smallest absolute Gasteiger partial charge is 0.257 e. The molecule has 0 spiro atoms. The summed E-state index contributed by atoms with van der Waals surface area (Å²) in [6.45, 7) is 0.680. The lowest BCUT2D eigenvalue weighted by molar-refractivity contribution is 0.0945. The second-order valence-corrected chi connectivity index (χ2v) is 6.11. The average Bonchev–Trinajstić information content (AvgIpc) is 2.87. The van der Waals surface area contributed by atoms with Gasteiger partial charge in [-0.25, -0.2) is 4.39 Å². The summed E-state index contributed by atoms with van der Waals surface area (Å²) in [7, 11) is 1.44. The van der Waals surface area contributed by atoms with Crippen LogP contribution in [0.4, 0.5) is 4.39 Å². The summed E-state index contributed by atoms with van der Waals surface area (Å²) in [4.78, 5) is 25.1. The zero-order chi connectivity index (χ0) is 17.8. The van der Waals surface area contributed by atoms with Crippen molar-refractivity contribution in [2.45, 2.75) is 38.8 Å². The van der Waals surface area contributed by atoms with Crippen LogP contribution in [-0.2, 0) is 19.5 Å². The van der Waals surface area contributed by atoms with Gasteiger partial charge in [-0.3, -0.25) is 9.59 Å². The number of carbonyl (C=O) groups is 1. The standard InChI is InChI=1S/C19H21FN2O3/c1-25-16-11-17(23)22-10-6-2-3-9-15(22)18(16)19(24)21-12-13-7-4-5-8-14(13)20/h4-5,7-8,11H,2-3,6,9-10,12H2,1H3,(H,21,24). The first-order chi connectivity index (χ1) is 12.1. The third kappa shape index (κ3) is 3.57. The molecule has 0 aliphatic carbocycles. The lowest BCUT2D eigenvalue weighted by Crippen LogP contribution is -2.30. The van der Waals surface area contributed by atoms with Crippen LogP contribution in [0.25, 0.3) is 0 Å². The van der Waals surface area contributed by atoms with Gasteiger partial charge in [0, 0.05) is 30.4 Å². The summed E-state index contributed by atoms with van der Waals surface area (Å²) in [5.41, 5.74) is 1.33. The Kier molecular flexibility index (Phi) is 5.16. The molecule has 0 fully saturated rings. The largest absolute Gasteiger partial charge is 0.496 e. The van der Waals surface area contributed by atoms with Crippen LogP contribution in [0, 0.1) is 5.82 Å². The summed E-state index contributed by atoms with van der Waals surface area (Å²) in [6, 6.07) is 7.66. The van der Waals surface area contributed by atoms with E-state index in [0.717, 1.165) is 19.3 Å². The number of carbonyl (C=O) groups excluding carboxylic acids is 1. The van der Waals surface area contributed by atoms with Gasteiger partial charge in [-0.05, 0) is 25.3 Å². The molecule has 1 aromatic carbocycles. The zero-order valence-corrected chi connectivity index (χ0v) is 14.2. The molecule has 0 saturated heterocycles. The van der Waals surface area contributed by atoms with Crippen LogP contribution in [0.15, 0.2) is 35.1 Å². The molecule has 2 heterocycles. The molecule has 1 aliphatic rings. The molecule has 6 heteroatoms. The van der Waals surface area contributed by atoms with E-state index in [4.69, 9.17) is 4.74 Å². The van der Waals surface area contributed by atoms with Gasteiger partial charge >= 0.3 is 0 Å². The highest BCUT2D eigenvalue weighted by molar-refractivity contribution is 5.98. The number of rotatable bonds is 4. The third-order valence-corrected chi connectivity index (χ3v) is 4.52. The molecule has 0 radical (unpaired) electrons. The van der Waals surface area contributed by atoms with Gasteiger partial charge in [0.15, 0.2) is 0 Å². The summed E-state index contributed by atoms with van der Waals surface area (Å²) in [5.74, 6) is -0.451. The molecule has 0 saturated carbocycles. The van der Waals surface area contributed by atoms with Crippen molar-refractivity contribution >= 4 is 5.91 Å². The highest BCUT2D eigenvalue weighted by Gasteiger charge is 2.23. The van der Waals surface area contributed by atoms with Crippen molar-refractivity contribution in [2.75, 3.05) is 7.11 Å². The van der Waals surface area contributed by atoms with Gasteiger partial charge in [-0.1, -0.05) is 24.6 Å². The highest BCUT2D eigenvalue weighted by atomic mass is 19.1. The fourth-order valence-electron chi connectivity index (χ4n) is 3.23. The fourth-order valence-corrected chi connectivity index (χ4v) is 3.23. The minimum Gasteiger partial charge on any atom is -0.496 e. The Bertz CT molecular complexity index is 845. The van der Waals surface area contributed by atoms with E-state index in [0.29, 0.717) is 29.8 Å². The van der Waals surface area contributed by atoms with Crippen LogP contribution < -0.4 is 15.6 Å². The van der Waals surface area contributed by atoms with Crippen molar-refractivity contribution in [3.05, 3.63) is 63.3 Å². The number of hydrogen-bond acceptors (Lipinski definition) is 3. The third-order valence-electron chi connectivity index (χ3n) is 4.52. The fraction of sp³-hybridized carbons (Fsp3) is 0.368. The number of nitrogens with zero attached hydrogens (tertiary/aromatic N) is 1. The van der Waals surface area contributed by atoms with Crippen molar-refractivity contribution < 1.29 is 13.9 Å². The van der Waals surface area contributed by atoms with Gasteiger partial charge in [0.1, 0.15) is 17.1 Å². The first-order valence-electron chi connectivity index (χ1n) is 8.44. The van der Waals surface area contributed by atoms with Crippen molar-refractivity contribution in [1.82, 2.24) is 9.88 Å². The van der Waals surface area contributed by atoms with E-state index in [1.54, 1.807) is 22.8 Å². The van der Waals surface area contributed by atoms with Crippen molar-refractivity contribution in [1.29, 1.82) is 0 Å². The highest BCUT2D eigenvalue weighted by Crippen LogP contribution is 2.24. The summed E-state index contributed by atoms with van der Waals surface area (Å²) in [6.07, 6.45) is 3.49. The second-order valence-electron chi connectivity index (χ2n) is 6.11. The van der Waals surface area contributed by atoms with Crippen LogP contribution >= 0.6 is 0 Å². The minimum absolute atomic E-state index is 0.0766. The van der Waals surface area contributed by atoms with Crippen LogP contribution in [0.2, 0.25) is 0 Å². The van der Waals surface area contributed by atoms with Crippen LogP contribution in [0.3, 0.4) is 0 Å². The maximum atomic E-state index is 13.7. The molecule has 0 unspecified atom stereocenters. The number of ether oxygens (including phenoxy) is 1. The number of halogens is 1. The molecule has 1 amide bonds. The molecule has 0 bridgehead atoms. The maximum Gasteiger partial charge on any atom is 0.257 e. The molecule has 25 heavy (non-hydrogen) atoms. The van der Waals surface area contributed by atoms with E-state index < -0.39 is 0 Å². The number of nitrogens with one attached hydrogen (secondary N) is 1. The number of hydrogen-bond donors (Lipinski definition) is 1. The topological polar surface area (TPSA) is 60.3 Å². The molecule has 3 rings (SSSR count). The molecule has 5 nitrogen and oxygen atoms in total.